The van der Waals surface area contributed by atoms with Crippen molar-refractivity contribution in [2.24, 2.45) is 5.10 Å². The van der Waals surface area contributed by atoms with Gasteiger partial charge in [-0.05, 0) is 54.4 Å². The van der Waals surface area contributed by atoms with E-state index in [4.69, 9.17) is 4.74 Å². The quantitative estimate of drug-likeness (QED) is 0.216. The largest absolute Gasteiger partial charge is 0.494 e. The summed E-state index contributed by atoms with van der Waals surface area (Å²) in [5.74, 6) is 0.0838. The molecule has 0 unspecified atom stereocenters. The van der Waals surface area contributed by atoms with Crippen molar-refractivity contribution in [3.05, 3.63) is 71.7 Å². The fourth-order valence-corrected chi connectivity index (χ4v) is 3.15. The molecule has 0 fully saturated rings. The lowest BCUT2D eigenvalue weighted by Crippen LogP contribution is -2.17. The van der Waals surface area contributed by atoms with Gasteiger partial charge in [-0.2, -0.15) is 10.2 Å². The first kappa shape index (κ1) is 23.2. The molecule has 0 aliphatic carbocycles. The van der Waals surface area contributed by atoms with Gasteiger partial charge in [0, 0.05) is 5.56 Å². The maximum Gasteiger partial charge on any atom is 0.289 e. The van der Waals surface area contributed by atoms with E-state index in [9.17, 15) is 9.18 Å². The molecule has 1 amide bonds. The van der Waals surface area contributed by atoms with Gasteiger partial charge in [-0.25, -0.2) is 9.82 Å². The van der Waals surface area contributed by atoms with Crippen LogP contribution in [0.3, 0.4) is 0 Å². The van der Waals surface area contributed by atoms with Gasteiger partial charge >= 0.3 is 0 Å². The second-order valence-corrected chi connectivity index (χ2v) is 7.56. The molecule has 2 N–H and O–H groups in total. The summed E-state index contributed by atoms with van der Waals surface area (Å²) < 4.78 is 18.7. The van der Waals surface area contributed by atoms with Crippen LogP contribution in [0.25, 0.3) is 11.3 Å². The monoisotopic (exact) mass is 436 g/mol. The smallest absolute Gasteiger partial charge is 0.289 e. The van der Waals surface area contributed by atoms with Crippen molar-refractivity contribution in [1.82, 2.24) is 15.6 Å². The molecule has 6 nitrogen and oxygen atoms in total. The van der Waals surface area contributed by atoms with E-state index in [1.54, 1.807) is 18.2 Å². The third kappa shape index (κ3) is 7.34. The number of nitrogens with one attached hydrogen (secondary N) is 2. The van der Waals surface area contributed by atoms with Gasteiger partial charge in [0.25, 0.3) is 5.91 Å². The van der Waals surface area contributed by atoms with Gasteiger partial charge in [-0.1, -0.05) is 51.2 Å². The minimum absolute atomic E-state index is 0.291. The van der Waals surface area contributed by atoms with E-state index in [1.165, 1.54) is 50.5 Å². The van der Waals surface area contributed by atoms with E-state index in [-0.39, 0.29) is 5.82 Å². The number of amides is 1. The number of ether oxygens (including phenoxy) is 1. The first-order valence-electron chi connectivity index (χ1n) is 11.0. The molecule has 3 rings (SSSR count). The highest BCUT2D eigenvalue weighted by Crippen LogP contribution is 2.21. The number of halogens is 1. The van der Waals surface area contributed by atoms with E-state index in [2.05, 4.69) is 27.6 Å². The number of nitrogens with zero attached hydrogens (tertiary/aromatic N) is 2. The van der Waals surface area contributed by atoms with Crippen LogP contribution in [0.15, 0.2) is 59.7 Å². The van der Waals surface area contributed by atoms with Crippen LogP contribution in [0.1, 0.15) is 61.5 Å². The Hall–Kier alpha value is -3.48. The molecule has 7 heteroatoms. The Balaban J connectivity index is 1.46. The molecule has 0 radical (unpaired) electrons. The van der Waals surface area contributed by atoms with E-state index in [1.807, 2.05) is 24.3 Å². The summed E-state index contributed by atoms with van der Waals surface area (Å²) in [6.07, 6.45) is 8.84. The molecular formula is C25H29FN4O2. The molecule has 0 aliphatic rings. The Labute approximate surface area is 187 Å². The molecule has 0 bridgehead atoms. The van der Waals surface area contributed by atoms with Crippen molar-refractivity contribution in [2.75, 3.05) is 6.61 Å². The molecule has 168 valence electrons. The standard InChI is InChI=1S/C25H29FN4O2/c1-2-3-4-5-6-7-16-32-22-14-10-20(11-15-22)23-17-24(29-28-23)25(31)30-27-18-19-8-12-21(26)13-9-19/h8-15,17-18H,2-7,16H2,1H3,(H,28,29)(H,30,31). The summed E-state index contributed by atoms with van der Waals surface area (Å²) in [7, 11) is 0. The molecule has 1 aromatic heterocycles. The zero-order valence-electron chi connectivity index (χ0n) is 18.3. The molecule has 0 saturated heterocycles. The maximum atomic E-state index is 12.9. The van der Waals surface area contributed by atoms with Gasteiger partial charge in [0.2, 0.25) is 0 Å². The van der Waals surface area contributed by atoms with Gasteiger partial charge < -0.3 is 4.74 Å². The molecule has 2 aromatic carbocycles. The van der Waals surface area contributed by atoms with Gasteiger partial charge in [-0.15, -0.1) is 0 Å². The van der Waals surface area contributed by atoms with Crippen LogP contribution in [0.5, 0.6) is 5.75 Å². The lowest BCUT2D eigenvalue weighted by Gasteiger charge is -2.06. The summed E-state index contributed by atoms with van der Waals surface area (Å²) in [6, 6.07) is 15.1. The normalized spacial score (nSPS) is 11.1. The maximum absolute atomic E-state index is 12.9. The molecule has 0 atom stereocenters. The van der Waals surface area contributed by atoms with Gasteiger partial charge in [0.15, 0.2) is 0 Å². The van der Waals surface area contributed by atoms with E-state index >= 15 is 0 Å². The van der Waals surface area contributed by atoms with Crippen molar-refractivity contribution in [3.8, 4) is 17.0 Å². The Kier molecular flexibility index (Phi) is 8.98. The number of H-pyrrole nitrogens is 1. The molecule has 0 saturated carbocycles. The average Bonchev–Trinajstić information content (AvgIpc) is 3.31. The van der Waals surface area contributed by atoms with Crippen LogP contribution in [-0.2, 0) is 0 Å². The number of aromatic nitrogens is 2. The number of aromatic amines is 1. The zero-order chi connectivity index (χ0) is 22.6. The molecule has 32 heavy (non-hydrogen) atoms. The Bertz CT molecular complexity index is 998. The highest BCUT2D eigenvalue weighted by atomic mass is 19.1. The number of carbonyl (C=O) groups is 1. The predicted molar refractivity (Wildman–Crippen MR) is 124 cm³/mol. The Morgan fingerprint density at radius 2 is 1.78 bits per heavy atom. The summed E-state index contributed by atoms with van der Waals surface area (Å²) in [5.41, 5.74) is 4.92. The number of rotatable bonds is 12. The lowest BCUT2D eigenvalue weighted by molar-refractivity contribution is 0.0950. The number of hydrogen-bond donors (Lipinski definition) is 2. The lowest BCUT2D eigenvalue weighted by atomic mass is 10.1. The summed E-state index contributed by atoms with van der Waals surface area (Å²) in [5, 5.41) is 10.8. The van der Waals surface area contributed by atoms with Crippen molar-refractivity contribution in [2.45, 2.75) is 45.4 Å². The van der Waals surface area contributed by atoms with Crippen LogP contribution >= 0.6 is 0 Å². The first-order valence-corrected chi connectivity index (χ1v) is 11.0. The predicted octanol–water partition coefficient (Wildman–Crippen LogP) is 5.72. The van der Waals surface area contributed by atoms with E-state index in [0.717, 1.165) is 24.3 Å². The number of hydrazone groups is 1. The SMILES string of the molecule is CCCCCCCCOc1ccc(-c2cc(C(=O)NN=Cc3ccc(F)cc3)[nH]n2)cc1. The van der Waals surface area contributed by atoms with Crippen molar-refractivity contribution >= 4 is 12.1 Å². The van der Waals surface area contributed by atoms with E-state index < -0.39 is 5.91 Å². The summed E-state index contributed by atoms with van der Waals surface area (Å²) >= 11 is 0. The highest BCUT2D eigenvalue weighted by molar-refractivity contribution is 5.94. The van der Waals surface area contributed by atoms with Gasteiger partial charge in [-0.3, -0.25) is 9.89 Å². The number of carbonyl (C=O) groups excluding carboxylic acids is 1. The first-order chi connectivity index (χ1) is 15.7. The molecule has 3 aromatic rings. The Morgan fingerprint density at radius 1 is 1.06 bits per heavy atom. The van der Waals surface area contributed by atoms with Crippen LogP contribution in [0.2, 0.25) is 0 Å². The van der Waals surface area contributed by atoms with Gasteiger partial charge in [0.05, 0.1) is 18.5 Å². The molecule has 0 spiro atoms. The third-order valence-corrected chi connectivity index (χ3v) is 4.99. The van der Waals surface area contributed by atoms with E-state index in [0.29, 0.717) is 17.0 Å². The fourth-order valence-electron chi connectivity index (χ4n) is 3.15. The van der Waals surface area contributed by atoms with Crippen molar-refractivity contribution in [1.29, 1.82) is 0 Å². The van der Waals surface area contributed by atoms with Crippen LogP contribution in [0.4, 0.5) is 4.39 Å². The fraction of sp³-hybridized carbons (Fsp3) is 0.320. The van der Waals surface area contributed by atoms with Crippen LogP contribution in [-0.4, -0.2) is 28.9 Å². The second-order valence-electron chi connectivity index (χ2n) is 7.56. The van der Waals surface area contributed by atoms with Crippen LogP contribution in [0, 0.1) is 5.82 Å². The molecule has 0 aliphatic heterocycles. The Morgan fingerprint density at radius 3 is 2.53 bits per heavy atom. The average molecular weight is 437 g/mol. The van der Waals surface area contributed by atoms with Crippen LogP contribution < -0.4 is 10.2 Å². The zero-order valence-corrected chi connectivity index (χ0v) is 18.3. The van der Waals surface area contributed by atoms with Crippen molar-refractivity contribution < 1.29 is 13.9 Å². The van der Waals surface area contributed by atoms with Crippen molar-refractivity contribution in [3.63, 3.8) is 0 Å². The van der Waals surface area contributed by atoms with Gasteiger partial charge in [0.1, 0.15) is 17.3 Å². The third-order valence-electron chi connectivity index (χ3n) is 4.99. The summed E-state index contributed by atoms with van der Waals surface area (Å²) in [4.78, 5) is 12.2. The second kappa shape index (κ2) is 12.4. The topological polar surface area (TPSA) is 79.4 Å². The minimum atomic E-state index is -0.416. The molecular weight excluding hydrogens is 407 g/mol. The minimum Gasteiger partial charge on any atom is -0.494 e. The number of unbranched alkanes of at least 4 members (excludes halogenated alkanes) is 5. The highest BCUT2D eigenvalue weighted by Gasteiger charge is 2.10. The molecule has 1 heterocycles. The number of benzene rings is 2. The number of hydrogen-bond acceptors (Lipinski definition) is 4. The summed E-state index contributed by atoms with van der Waals surface area (Å²) in [6.45, 7) is 2.94.